The van der Waals surface area contributed by atoms with E-state index >= 15 is 0 Å². The van der Waals surface area contributed by atoms with Crippen LogP contribution in [-0.4, -0.2) is 24.3 Å². The van der Waals surface area contributed by atoms with Crippen LogP contribution in [0.5, 0.6) is 0 Å². The van der Waals surface area contributed by atoms with E-state index in [1.165, 1.54) is 0 Å². The zero-order chi connectivity index (χ0) is 6.50. The second-order valence-corrected chi connectivity index (χ2v) is 1.34. The van der Waals surface area contributed by atoms with Crippen LogP contribution in [-0.2, 0) is 34.7 Å². The van der Waals surface area contributed by atoms with E-state index in [9.17, 15) is 0 Å². The number of carbonyl (C=O) groups is 1. The van der Waals surface area contributed by atoms with Crippen molar-refractivity contribution in [3.05, 3.63) is 0 Å². The van der Waals surface area contributed by atoms with Gasteiger partial charge >= 0.3 is 10.4 Å². The average molecular weight is 193 g/mol. The minimum absolute atomic E-state index is 0. The molecule has 0 aromatic carbocycles. The molecular weight excluding hydrogens is 189 g/mol. The fraction of sp³-hybridized carbons (Fsp3) is 0. The van der Waals surface area contributed by atoms with Crippen LogP contribution in [0.3, 0.4) is 0 Å². The molecule has 0 radical (unpaired) electrons. The first-order chi connectivity index (χ1) is 3.00. The Labute approximate surface area is 59.4 Å². The van der Waals surface area contributed by atoms with E-state index < -0.39 is 10.4 Å². The van der Waals surface area contributed by atoms with Crippen molar-refractivity contribution in [2.24, 2.45) is 0 Å². The van der Waals surface area contributed by atoms with Crippen LogP contribution in [0.4, 0.5) is 0 Å². The van der Waals surface area contributed by atoms with Gasteiger partial charge in [-0.1, -0.05) is 0 Å². The molecule has 7 heteroatoms. The Morgan fingerprint density at radius 3 is 1.12 bits per heavy atom. The van der Waals surface area contributed by atoms with E-state index in [1.807, 2.05) is 6.79 Å². The van der Waals surface area contributed by atoms with Crippen LogP contribution >= 0.6 is 0 Å². The molecule has 2 N–H and O–H groups in total. The summed E-state index contributed by atoms with van der Waals surface area (Å²) in [6.45, 7) is 2.00. The van der Waals surface area contributed by atoms with Gasteiger partial charge in [0.1, 0.15) is 6.79 Å². The molecule has 5 nitrogen and oxygen atoms in total. The van der Waals surface area contributed by atoms with Gasteiger partial charge in [-0.3, -0.25) is 9.11 Å². The molecule has 0 heterocycles. The molecule has 0 unspecified atom stereocenters. The quantitative estimate of drug-likeness (QED) is 0.387. The molecule has 46 valence electrons. The Balaban J connectivity index is -0.0000000750. The molecular formula is CH4O5SZn. The standard InChI is InChI=1S/CH2O.H2O4S.Zn/c1-2;1-5(2,3)4;/h1H2;(H2,1,2,3,4);. The minimum Gasteiger partial charge on any atom is -0.307 e. The molecule has 0 atom stereocenters. The predicted octanol–water partition coefficient (Wildman–Crippen LogP) is -0.840. The smallest absolute Gasteiger partial charge is 0.307 e. The Kier molecular flexibility index (Phi) is 14.1. The summed E-state index contributed by atoms with van der Waals surface area (Å²) < 4.78 is 31.6. The van der Waals surface area contributed by atoms with Crippen molar-refractivity contribution < 1.29 is 41.8 Å². The summed E-state index contributed by atoms with van der Waals surface area (Å²) in [6.07, 6.45) is 0. The van der Waals surface area contributed by atoms with Gasteiger partial charge in [0.05, 0.1) is 0 Å². The number of hydrogen-bond donors (Lipinski definition) is 2. The van der Waals surface area contributed by atoms with Crippen LogP contribution in [0.25, 0.3) is 0 Å². The van der Waals surface area contributed by atoms with Crippen molar-refractivity contribution in [1.82, 2.24) is 0 Å². The van der Waals surface area contributed by atoms with Gasteiger partial charge in [-0.2, -0.15) is 8.42 Å². The van der Waals surface area contributed by atoms with Gasteiger partial charge in [0, 0.05) is 19.5 Å². The fourth-order valence-corrected chi connectivity index (χ4v) is 0. The number of rotatable bonds is 0. The molecule has 0 saturated carbocycles. The average Bonchev–Trinajstić information content (AvgIpc) is 1.36. The Morgan fingerprint density at radius 2 is 1.12 bits per heavy atom. The Hall–Kier alpha value is 0.163. The van der Waals surface area contributed by atoms with Crippen molar-refractivity contribution in [3.8, 4) is 0 Å². The van der Waals surface area contributed by atoms with Crippen LogP contribution in [0.15, 0.2) is 0 Å². The number of carbonyl (C=O) groups excluding carboxylic acids is 1. The van der Waals surface area contributed by atoms with E-state index in [0.717, 1.165) is 0 Å². The van der Waals surface area contributed by atoms with Crippen molar-refractivity contribution in [1.29, 1.82) is 0 Å². The van der Waals surface area contributed by atoms with Crippen molar-refractivity contribution in [3.63, 3.8) is 0 Å². The zero-order valence-corrected chi connectivity index (χ0v) is 7.73. The van der Waals surface area contributed by atoms with Crippen LogP contribution in [0.2, 0.25) is 0 Å². The maximum Gasteiger partial charge on any atom is 0.394 e. The summed E-state index contributed by atoms with van der Waals surface area (Å²) in [5, 5.41) is 0. The Bertz CT molecular complexity index is 106. The fourth-order valence-electron chi connectivity index (χ4n) is 0. The summed E-state index contributed by atoms with van der Waals surface area (Å²) in [5.74, 6) is 0. The molecule has 0 fully saturated rings. The van der Waals surface area contributed by atoms with E-state index in [2.05, 4.69) is 0 Å². The molecule has 8 heavy (non-hydrogen) atoms. The van der Waals surface area contributed by atoms with E-state index in [-0.39, 0.29) is 19.5 Å². The third-order valence-corrected chi connectivity index (χ3v) is 0. The summed E-state index contributed by atoms with van der Waals surface area (Å²) in [7, 11) is -4.67. The van der Waals surface area contributed by atoms with Gasteiger partial charge in [0.2, 0.25) is 0 Å². The summed E-state index contributed by atoms with van der Waals surface area (Å²) in [6, 6.07) is 0. The zero-order valence-electron chi connectivity index (χ0n) is 3.94. The van der Waals surface area contributed by atoms with Crippen LogP contribution < -0.4 is 0 Å². The second-order valence-electron chi connectivity index (χ2n) is 0.448. The third kappa shape index (κ3) is 6160. The second kappa shape index (κ2) is 7.16. The first-order valence-corrected chi connectivity index (χ1v) is 2.38. The van der Waals surface area contributed by atoms with Crippen LogP contribution in [0, 0.1) is 0 Å². The normalized spacial score (nSPS) is 7.75. The molecule has 0 aromatic rings. The van der Waals surface area contributed by atoms with E-state index in [4.69, 9.17) is 22.3 Å². The molecule has 0 aliphatic heterocycles. The molecule has 0 saturated heterocycles. The summed E-state index contributed by atoms with van der Waals surface area (Å²) in [4.78, 5) is 8.00. The van der Waals surface area contributed by atoms with Crippen LogP contribution in [0.1, 0.15) is 0 Å². The van der Waals surface area contributed by atoms with Crippen molar-refractivity contribution in [2.75, 3.05) is 0 Å². The molecule has 0 bridgehead atoms. The van der Waals surface area contributed by atoms with Gasteiger partial charge in [-0.25, -0.2) is 0 Å². The van der Waals surface area contributed by atoms with E-state index in [1.54, 1.807) is 0 Å². The molecule has 0 amide bonds. The van der Waals surface area contributed by atoms with Gasteiger partial charge in [0.15, 0.2) is 0 Å². The van der Waals surface area contributed by atoms with Crippen molar-refractivity contribution >= 4 is 17.2 Å². The largest absolute Gasteiger partial charge is 0.394 e. The maximum atomic E-state index is 8.74. The first kappa shape index (κ1) is 15.7. The monoisotopic (exact) mass is 192 g/mol. The minimum atomic E-state index is -4.67. The predicted molar refractivity (Wildman–Crippen MR) is 21.3 cm³/mol. The maximum absolute atomic E-state index is 8.74. The first-order valence-electron chi connectivity index (χ1n) is 0.987. The van der Waals surface area contributed by atoms with Crippen molar-refractivity contribution in [2.45, 2.75) is 0 Å². The third-order valence-electron chi connectivity index (χ3n) is 0. The molecule has 0 aliphatic rings. The molecule has 0 spiro atoms. The molecule has 0 rings (SSSR count). The van der Waals surface area contributed by atoms with Gasteiger partial charge in [-0.05, 0) is 0 Å². The summed E-state index contributed by atoms with van der Waals surface area (Å²) in [5.41, 5.74) is 0. The molecule has 0 aliphatic carbocycles. The SMILES string of the molecule is C=O.O=S(=O)(O)O.[Zn]. The summed E-state index contributed by atoms with van der Waals surface area (Å²) >= 11 is 0. The topological polar surface area (TPSA) is 91.7 Å². The Morgan fingerprint density at radius 1 is 1.12 bits per heavy atom. The molecule has 0 aromatic heterocycles. The van der Waals surface area contributed by atoms with Gasteiger partial charge in [0.25, 0.3) is 0 Å². The number of hydrogen-bond acceptors (Lipinski definition) is 3. The van der Waals surface area contributed by atoms with Gasteiger partial charge < -0.3 is 4.79 Å². The van der Waals surface area contributed by atoms with E-state index in [0.29, 0.717) is 0 Å². The van der Waals surface area contributed by atoms with Gasteiger partial charge in [-0.15, -0.1) is 0 Å².